The van der Waals surface area contributed by atoms with Crippen molar-refractivity contribution in [1.82, 2.24) is 0 Å². The van der Waals surface area contributed by atoms with Crippen LogP contribution in [0.25, 0.3) is 0 Å². The van der Waals surface area contributed by atoms with Gasteiger partial charge in [0.2, 0.25) is 0 Å². The van der Waals surface area contributed by atoms with Gasteiger partial charge >= 0.3 is 11.9 Å². The standard InChI is InChI=1S/C20H38O2.C4H6O2/c1-4-6-8-9-10-11-12-13-14-16-18-22-20(21)19(3)17-15-7-5-2;1-3(2)4(5)6/h17H,4-16,18H2,1-3H3;1H2,2H3,(H,5,6). The summed E-state index contributed by atoms with van der Waals surface area (Å²) in [6.07, 6.45) is 18.3. The van der Waals surface area contributed by atoms with Gasteiger partial charge in [-0.3, -0.25) is 0 Å². The van der Waals surface area contributed by atoms with Gasteiger partial charge in [0.25, 0.3) is 0 Å². The smallest absolute Gasteiger partial charge is 0.333 e. The second-order valence-corrected chi connectivity index (χ2v) is 7.43. The molecule has 0 saturated heterocycles. The molecular weight excluding hydrogens is 352 g/mol. The van der Waals surface area contributed by atoms with Crippen molar-refractivity contribution in [3.05, 3.63) is 23.8 Å². The summed E-state index contributed by atoms with van der Waals surface area (Å²) in [6, 6.07) is 0. The van der Waals surface area contributed by atoms with E-state index in [9.17, 15) is 9.59 Å². The van der Waals surface area contributed by atoms with Crippen LogP contribution in [0.4, 0.5) is 0 Å². The maximum Gasteiger partial charge on any atom is 0.333 e. The number of unbranched alkanes of at least 4 members (excludes halogenated alkanes) is 11. The summed E-state index contributed by atoms with van der Waals surface area (Å²) in [5.41, 5.74) is 0.940. The van der Waals surface area contributed by atoms with Crippen LogP contribution >= 0.6 is 0 Å². The molecule has 1 N–H and O–H groups in total. The minimum Gasteiger partial charge on any atom is -0.478 e. The molecule has 0 unspecified atom stereocenters. The maximum atomic E-state index is 11.7. The number of ether oxygens (including phenoxy) is 1. The lowest BCUT2D eigenvalue weighted by Gasteiger charge is -2.05. The molecule has 0 aromatic heterocycles. The van der Waals surface area contributed by atoms with E-state index in [2.05, 4.69) is 20.4 Å². The Hall–Kier alpha value is -1.58. The van der Waals surface area contributed by atoms with E-state index in [-0.39, 0.29) is 11.5 Å². The number of carbonyl (C=O) groups excluding carboxylic acids is 1. The monoisotopic (exact) mass is 396 g/mol. The predicted molar refractivity (Wildman–Crippen MR) is 119 cm³/mol. The number of aliphatic carboxylic acids is 1. The van der Waals surface area contributed by atoms with E-state index in [1.807, 2.05) is 13.0 Å². The van der Waals surface area contributed by atoms with Crippen LogP contribution in [-0.4, -0.2) is 23.7 Å². The zero-order chi connectivity index (χ0) is 21.6. The largest absolute Gasteiger partial charge is 0.478 e. The second kappa shape index (κ2) is 21.7. The van der Waals surface area contributed by atoms with Crippen LogP contribution in [0.3, 0.4) is 0 Å². The molecule has 0 radical (unpaired) electrons. The summed E-state index contributed by atoms with van der Waals surface area (Å²) < 4.78 is 5.30. The summed E-state index contributed by atoms with van der Waals surface area (Å²) >= 11 is 0. The molecular formula is C24H44O4. The zero-order valence-corrected chi connectivity index (χ0v) is 18.9. The SMILES string of the molecule is C=C(C)C(=O)O.CCCCC=C(C)C(=O)OCCCCCCCCCCCC. The Morgan fingerprint density at radius 1 is 0.821 bits per heavy atom. The lowest BCUT2D eigenvalue weighted by Crippen LogP contribution is -2.07. The Labute approximate surface area is 173 Å². The molecule has 0 atom stereocenters. The number of hydrogen-bond acceptors (Lipinski definition) is 3. The fourth-order valence-corrected chi connectivity index (χ4v) is 2.47. The predicted octanol–water partition coefficient (Wildman–Crippen LogP) is 7.23. The Kier molecular flexibility index (Phi) is 22.2. The van der Waals surface area contributed by atoms with Crippen molar-refractivity contribution in [3.8, 4) is 0 Å². The van der Waals surface area contributed by atoms with Gasteiger partial charge in [-0.1, -0.05) is 97.1 Å². The van der Waals surface area contributed by atoms with Crippen LogP contribution in [-0.2, 0) is 14.3 Å². The average Bonchev–Trinajstić information content (AvgIpc) is 2.66. The lowest BCUT2D eigenvalue weighted by atomic mass is 10.1. The topological polar surface area (TPSA) is 63.6 Å². The van der Waals surface area contributed by atoms with Gasteiger partial charge in [-0.2, -0.15) is 0 Å². The fourth-order valence-electron chi connectivity index (χ4n) is 2.47. The van der Waals surface area contributed by atoms with Crippen molar-refractivity contribution in [3.63, 3.8) is 0 Å². The molecule has 0 aliphatic heterocycles. The molecule has 0 bridgehead atoms. The number of rotatable bonds is 16. The Morgan fingerprint density at radius 2 is 1.25 bits per heavy atom. The van der Waals surface area contributed by atoms with E-state index in [1.165, 1.54) is 64.7 Å². The summed E-state index contributed by atoms with van der Waals surface area (Å²) in [7, 11) is 0. The number of esters is 1. The van der Waals surface area contributed by atoms with Crippen LogP contribution in [0.2, 0.25) is 0 Å². The molecule has 164 valence electrons. The number of allylic oxidation sites excluding steroid dienone is 1. The molecule has 0 amide bonds. The highest BCUT2D eigenvalue weighted by atomic mass is 16.5. The molecule has 0 fully saturated rings. The summed E-state index contributed by atoms with van der Waals surface area (Å²) in [5.74, 6) is -1.07. The molecule has 28 heavy (non-hydrogen) atoms. The normalized spacial score (nSPS) is 10.8. The van der Waals surface area contributed by atoms with Crippen molar-refractivity contribution < 1.29 is 19.4 Å². The highest BCUT2D eigenvalue weighted by Crippen LogP contribution is 2.11. The first-order valence-electron chi connectivity index (χ1n) is 11.1. The van der Waals surface area contributed by atoms with Crippen LogP contribution in [0.5, 0.6) is 0 Å². The maximum absolute atomic E-state index is 11.7. The molecule has 0 aromatic carbocycles. The van der Waals surface area contributed by atoms with Crippen molar-refractivity contribution in [2.75, 3.05) is 6.61 Å². The highest BCUT2D eigenvalue weighted by molar-refractivity contribution is 5.87. The Morgan fingerprint density at radius 3 is 1.68 bits per heavy atom. The van der Waals surface area contributed by atoms with Crippen LogP contribution in [0.1, 0.15) is 111 Å². The molecule has 0 spiro atoms. The Bertz CT molecular complexity index is 426. The third kappa shape index (κ3) is 22.5. The quantitative estimate of drug-likeness (QED) is 0.170. The van der Waals surface area contributed by atoms with Gasteiger partial charge in [-0.15, -0.1) is 0 Å². The van der Waals surface area contributed by atoms with Gasteiger partial charge in [0, 0.05) is 11.1 Å². The molecule has 0 aliphatic rings. The van der Waals surface area contributed by atoms with Gasteiger partial charge in [0.15, 0.2) is 0 Å². The number of carboxylic acid groups (broad SMARTS) is 1. The molecule has 0 rings (SSSR count). The van der Waals surface area contributed by atoms with Crippen molar-refractivity contribution >= 4 is 11.9 Å². The van der Waals surface area contributed by atoms with Crippen molar-refractivity contribution in [1.29, 1.82) is 0 Å². The minimum absolute atomic E-state index is 0.132. The first kappa shape index (κ1) is 28.6. The third-order valence-electron chi connectivity index (χ3n) is 4.43. The van der Waals surface area contributed by atoms with E-state index >= 15 is 0 Å². The summed E-state index contributed by atoms with van der Waals surface area (Å²) in [4.78, 5) is 21.3. The molecule has 0 aromatic rings. The summed E-state index contributed by atoms with van der Waals surface area (Å²) in [5, 5.41) is 7.89. The first-order chi connectivity index (χ1) is 13.4. The molecule has 0 saturated carbocycles. The van der Waals surface area contributed by atoms with Gasteiger partial charge in [0.1, 0.15) is 0 Å². The molecule has 0 aliphatic carbocycles. The number of hydrogen-bond donors (Lipinski definition) is 1. The first-order valence-corrected chi connectivity index (χ1v) is 11.1. The second-order valence-electron chi connectivity index (χ2n) is 7.43. The minimum atomic E-state index is -0.935. The van der Waals surface area contributed by atoms with E-state index in [0.29, 0.717) is 6.61 Å². The van der Waals surface area contributed by atoms with Gasteiger partial charge < -0.3 is 9.84 Å². The van der Waals surface area contributed by atoms with Gasteiger partial charge in [-0.05, 0) is 26.7 Å². The van der Waals surface area contributed by atoms with E-state index in [4.69, 9.17) is 9.84 Å². The highest BCUT2D eigenvalue weighted by Gasteiger charge is 2.04. The van der Waals surface area contributed by atoms with E-state index in [1.54, 1.807) is 0 Å². The van der Waals surface area contributed by atoms with E-state index in [0.717, 1.165) is 31.3 Å². The Balaban J connectivity index is 0. The number of carbonyl (C=O) groups is 2. The number of carboxylic acids is 1. The van der Waals surface area contributed by atoms with Gasteiger partial charge in [-0.25, -0.2) is 9.59 Å². The third-order valence-corrected chi connectivity index (χ3v) is 4.43. The van der Waals surface area contributed by atoms with Crippen LogP contribution in [0.15, 0.2) is 23.8 Å². The van der Waals surface area contributed by atoms with Crippen LogP contribution in [0, 0.1) is 0 Å². The summed E-state index contributed by atoms with van der Waals surface area (Å²) in [6.45, 7) is 11.5. The van der Waals surface area contributed by atoms with Crippen molar-refractivity contribution in [2.45, 2.75) is 111 Å². The molecule has 4 heteroatoms. The molecule has 4 nitrogen and oxygen atoms in total. The zero-order valence-electron chi connectivity index (χ0n) is 18.9. The van der Waals surface area contributed by atoms with Crippen LogP contribution < -0.4 is 0 Å². The molecule has 0 heterocycles. The van der Waals surface area contributed by atoms with Crippen molar-refractivity contribution in [2.24, 2.45) is 0 Å². The average molecular weight is 397 g/mol. The van der Waals surface area contributed by atoms with Gasteiger partial charge in [0.05, 0.1) is 6.61 Å². The van der Waals surface area contributed by atoms with E-state index < -0.39 is 5.97 Å². The fraction of sp³-hybridized carbons (Fsp3) is 0.750. The lowest BCUT2D eigenvalue weighted by molar-refractivity contribution is -0.139.